The minimum absolute atomic E-state index is 0.0925. The quantitative estimate of drug-likeness (QED) is 0.190. The molecule has 35 heavy (non-hydrogen) atoms. The first kappa shape index (κ1) is 22.7. The molecule has 5 aromatic rings. The van der Waals surface area contributed by atoms with E-state index >= 15 is 0 Å². The second-order valence-corrected chi connectivity index (χ2v) is 9.80. The number of nitro groups is 1. The summed E-state index contributed by atoms with van der Waals surface area (Å²) in [4.78, 5) is 28.6. The van der Waals surface area contributed by atoms with Gasteiger partial charge in [-0.3, -0.25) is 14.9 Å². The Morgan fingerprint density at radius 3 is 2.69 bits per heavy atom. The van der Waals surface area contributed by atoms with E-state index in [2.05, 4.69) is 24.4 Å². The van der Waals surface area contributed by atoms with E-state index < -0.39 is 4.92 Å². The minimum atomic E-state index is -0.481. The number of aromatic nitrogens is 1. The van der Waals surface area contributed by atoms with Gasteiger partial charge in [0.1, 0.15) is 11.6 Å². The van der Waals surface area contributed by atoms with Crippen LogP contribution in [0, 0.1) is 17.0 Å². The van der Waals surface area contributed by atoms with E-state index in [1.807, 2.05) is 35.7 Å². The number of hydrogen-bond donors (Lipinski definition) is 1. The molecular formula is C26H19N3O4S2. The largest absolute Gasteiger partial charge is 0.482 e. The number of ether oxygens (including phenoxy) is 1. The summed E-state index contributed by atoms with van der Waals surface area (Å²) in [6, 6.07) is 21.8. The second-order valence-electron chi connectivity index (χ2n) is 7.85. The topological polar surface area (TPSA) is 94.4 Å². The zero-order valence-electron chi connectivity index (χ0n) is 18.6. The van der Waals surface area contributed by atoms with E-state index in [9.17, 15) is 14.9 Å². The molecule has 2 aromatic heterocycles. The molecule has 1 amide bonds. The van der Waals surface area contributed by atoms with E-state index in [1.165, 1.54) is 23.0 Å². The van der Waals surface area contributed by atoms with Gasteiger partial charge in [-0.25, -0.2) is 4.98 Å². The number of nitrogens with one attached hydrogen (secondary N) is 1. The number of benzene rings is 3. The number of nitrogens with zero attached hydrogens (tertiary/aromatic N) is 2. The molecule has 0 aliphatic heterocycles. The highest BCUT2D eigenvalue weighted by Crippen LogP contribution is 2.31. The highest BCUT2D eigenvalue weighted by atomic mass is 32.1. The lowest BCUT2D eigenvalue weighted by Crippen LogP contribution is -2.10. The Labute approximate surface area is 208 Å². The van der Waals surface area contributed by atoms with E-state index in [4.69, 9.17) is 9.72 Å². The average molecular weight is 502 g/mol. The first-order chi connectivity index (χ1) is 17.0. The van der Waals surface area contributed by atoms with Crippen molar-refractivity contribution in [3.63, 3.8) is 0 Å². The number of nitro benzene ring substituents is 1. The van der Waals surface area contributed by atoms with Gasteiger partial charge < -0.3 is 10.1 Å². The Balaban J connectivity index is 1.23. The number of hydrogen-bond acceptors (Lipinski definition) is 7. The van der Waals surface area contributed by atoms with E-state index in [-0.39, 0.29) is 24.0 Å². The fourth-order valence-electron chi connectivity index (χ4n) is 3.51. The zero-order chi connectivity index (χ0) is 24.4. The molecular weight excluding hydrogens is 482 g/mol. The standard InChI is InChI=1S/C26H19N3O4S2/c1-16-6-11-20-23(12-16)35-26(28-20)18-7-9-19(10-8-18)27-25(30)24-13-17(15-34-24)14-33-22-5-3-2-4-21(22)29(31)32/h2-13,15H,14H2,1H3,(H,27,30). The van der Waals surface area contributed by atoms with Crippen LogP contribution in [0.5, 0.6) is 5.75 Å². The number of carbonyl (C=O) groups is 1. The van der Waals surface area contributed by atoms with Crippen molar-refractivity contribution in [2.45, 2.75) is 13.5 Å². The predicted octanol–water partition coefficient (Wildman–Crippen LogP) is 7.07. The molecule has 174 valence electrons. The molecule has 0 saturated heterocycles. The van der Waals surface area contributed by atoms with Gasteiger partial charge in [0.05, 0.1) is 20.0 Å². The number of thiophene rings is 1. The maximum Gasteiger partial charge on any atom is 0.310 e. The maximum absolute atomic E-state index is 12.7. The molecule has 0 radical (unpaired) electrons. The molecule has 1 N–H and O–H groups in total. The van der Waals surface area contributed by atoms with E-state index in [0.29, 0.717) is 10.6 Å². The Kier molecular flexibility index (Phi) is 6.26. The Bertz CT molecular complexity index is 1540. The van der Waals surface area contributed by atoms with Crippen LogP contribution in [-0.2, 0) is 6.61 Å². The lowest BCUT2D eigenvalue weighted by atomic mass is 10.2. The molecule has 0 aliphatic rings. The summed E-state index contributed by atoms with van der Waals surface area (Å²) in [6.45, 7) is 2.19. The SMILES string of the molecule is Cc1ccc2nc(-c3ccc(NC(=O)c4cc(COc5ccccc5[N+](=O)[O-])cs4)cc3)sc2c1. The van der Waals surface area contributed by atoms with Crippen molar-refractivity contribution in [2.75, 3.05) is 5.32 Å². The van der Waals surface area contributed by atoms with Crippen molar-refractivity contribution in [2.24, 2.45) is 0 Å². The monoisotopic (exact) mass is 501 g/mol. The number of thiazole rings is 1. The summed E-state index contributed by atoms with van der Waals surface area (Å²) in [5.41, 5.74) is 4.53. The minimum Gasteiger partial charge on any atom is -0.482 e. The number of fused-ring (bicyclic) bond motifs is 1. The van der Waals surface area contributed by atoms with Crippen molar-refractivity contribution in [1.29, 1.82) is 0 Å². The molecule has 2 heterocycles. The summed E-state index contributed by atoms with van der Waals surface area (Å²) in [7, 11) is 0. The second kappa shape index (κ2) is 9.65. The summed E-state index contributed by atoms with van der Waals surface area (Å²) in [5.74, 6) is -0.0341. The van der Waals surface area contributed by atoms with Gasteiger partial charge in [0, 0.05) is 22.9 Å². The van der Waals surface area contributed by atoms with Crippen molar-refractivity contribution >= 4 is 50.2 Å². The van der Waals surface area contributed by atoms with Gasteiger partial charge in [-0.1, -0.05) is 18.2 Å². The number of aryl methyl sites for hydroxylation is 1. The van der Waals surface area contributed by atoms with Crippen molar-refractivity contribution in [1.82, 2.24) is 4.98 Å². The van der Waals surface area contributed by atoms with Crippen LogP contribution in [-0.4, -0.2) is 15.8 Å². The molecule has 7 nitrogen and oxygen atoms in total. The molecule has 0 spiro atoms. The normalized spacial score (nSPS) is 10.9. The lowest BCUT2D eigenvalue weighted by molar-refractivity contribution is -0.385. The fourth-order valence-corrected chi connectivity index (χ4v) is 5.37. The third kappa shape index (κ3) is 5.06. The average Bonchev–Trinajstić information content (AvgIpc) is 3.50. The predicted molar refractivity (Wildman–Crippen MR) is 139 cm³/mol. The van der Waals surface area contributed by atoms with Crippen LogP contribution >= 0.6 is 22.7 Å². The van der Waals surface area contributed by atoms with Gasteiger partial charge in [-0.05, 0) is 66.4 Å². The van der Waals surface area contributed by atoms with Crippen LogP contribution in [0.15, 0.2) is 78.2 Å². The van der Waals surface area contributed by atoms with Crippen molar-refractivity contribution in [3.05, 3.63) is 104 Å². The third-order valence-corrected chi connectivity index (χ3v) is 7.31. The third-order valence-electron chi connectivity index (χ3n) is 5.27. The van der Waals surface area contributed by atoms with Gasteiger partial charge in [0.2, 0.25) is 0 Å². The van der Waals surface area contributed by atoms with Gasteiger partial charge in [-0.15, -0.1) is 22.7 Å². The van der Waals surface area contributed by atoms with Crippen molar-refractivity contribution < 1.29 is 14.5 Å². The van der Waals surface area contributed by atoms with Crippen LogP contribution in [0.1, 0.15) is 20.8 Å². The van der Waals surface area contributed by atoms with Gasteiger partial charge >= 0.3 is 5.69 Å². The number of amides is 1. The summed E-state index contributed by atoms with van der Waals surface area (Å²) in [5, 5.41) is 16.8. The fraction of sp³-hybridized carbons (Fsp3) is 0.0769. The molecule has 0 bridgehead atoms. The zero-order valence-corrected chi connectivity index (χ0v) is 20.2. The van der Waals surface area contributed by atoms with Crippen molar-refractivity contribution in [3.8, 4) is 16.3 Å². The molecule has 0 atom stereocenters. The first-order valence-electron chi connectivity index (χ1n) is 10.7. The lowest BCUT2D eigenvalue weighted by Gasteiger charge is -2.05. The smallest absolute Gasteiger partial charge is 0.310 e. The Morgan fingerprint density at radius 2 is 1.89 bits per heavy atom. The number of carbonyl (C=O) groups excluding carboxylic acids is 1. The highest BCUT2D eigenvalue weighted by Gasteiger charge is 2.15. The summed E-state index contributed by atoms with van der Waals surface area (Å²) in [6.07, 6.45) is 0. The molecule has 3 aromatic carbocycles. The van der Waals surface area contributed by atoms with Crippen LogP contribution in [0.3, 0.4) is 0 Å². The first-order valence-corrected chi connectivity index (χ1v) is 12.4. The molecule has 5 rings (SSSR count). The highest BCUT2D eigenvalue weighted by molar-refractivity contribution is 7.21. The molecule has 9 heteroatoms. The van der Waals surface area contributed by atoms with Crippen LogP contribution in [0.25, 0.3) is 20.8 Å². The summed E-state index contributed by atoms with van der Waals surface area (Å²) < 4.78 is 6.76. The van der Waals surface area contributed by atoms with Crippen LogP contribution in [0.4, 0.5) is 11.4 Å². The van der Waals surface area contributed by atoms with E-state index in [1.54, 1.807) is 35.6 Å². The number of anilines is 1. The molecule has 0 saturated carbocycles. The van der Waals surface area contributed by atoms with Crippen LogP contribution < -0.4 is 10.1 Å². The van der Waals surface area contributed by atoms with Crippen LogP contribution in [0.2, 0.25) is 0 Å². The number of rotatable bonds is 7. The molecule has 0 unspecified atom stereocenters. The van der Waals surface area contributed by atoms with E-state index in [0.717, 1.165) is 26.4 Å². The molecule has 0 aliphatic carbocycles. The summed E-state index contributed by atoms with van der Waals surface area (Å²) >= 11 is 2.94. The van der Waals surface area contributed by atoms with Gasteiger partial charge in [0.15, 0.2) is 5.75 Å². The molecule has 0 fully saturated rings. The number of para-hydroxylation sites is 2. The van der Waals surface area contributed by atoms with Gasteiger partial charge in [-0.2, -0.15) is 0 Å². The Hall–Kier alpha value is -4.08. The Morgan fingerprint density at radius 1 is 1.09 bits per heavy atom. The van der Waals surface area contributed by atoms with Gasteiger partial charge in [0.25, 0.3) is 5.91 Å². The maximum atomic E-state index is 12.7.